The second kappa shape index (κ2) is 10.3. The van der Waals surface area contributed by atoms with E-state index in [9.17, 15) is 15.0 Å². The minimum atomic E-state index is -0.275. The first-order valence-electron chi connectivity index (χ1n) is 11.9. The monoisotopic (exact) mass is 478 g/mol. The Kier molecular flexibility index (Phi) is 6.62. The van der Waals surface area contributed by atoms with E-state index in [4.69, 9.17) is 0 Å². The number of hydrogen-bond acceptors (Lipinski definition) is 5. The van der Waals surface area contributed by atoms with Crippen molar-refractivity contribution in [3.05, 3.63) is 96.4 Å². The summed E-state index contributed by atoms with van der Waals surface area (Å²) in [7, 11) is 0. The van der Waals surface area contributed by atoms with Crippen molar-refractivity contribution in [1.29, 1.82) is 0 Å². The molecule has 0 spiro atoms. The zero-order valence-corrected chi connectivity index (χ0v) is 19.6. The SMILES string of the molecule is O=C(NCCCCc1[nH]nc2cc(-c3ccc(O)cc3)c(-c3cccnc3)cc12)c1ccccc1O. The van der Waals surface area contributed by atoms with E-state index in [1.807, 2.05) is 30.5 Å². The maximum absolute atomic E-state index is 12.3. The molecule has 0 atom stereocenters. The molecule has 0 unspecified atom stereocenters. The lowest BCUT2D eigenvalue weighted by Crippen LogP contribution is -2.24. The number of nitrogens with zero attached hydrogens (tertiary/aromatic N) is 2. The summed E-state index contributed by atoms with van der Waals surface area (Å²) in [6, 6.07) is 21.8. The van der Waals surface area contributed by atoms with Gasteiger partial charge < -0.3 is 15.5 Å². The van der Waals surface area contributed by atoms with Crippen LogP contribution in [0.2, 0.25) is 0 Å². The quantitative estimate of drug-likeness (QED) is 0.222. The van der Waals surface area contributed by atoms with E-state index in [0.717, 1.165) is 58.1 Å². The summed E-state index contributed by atoms with van der Waals surface area (Å²) in [6.07, 6.45) is 6.04. The number of para-hydroxylation sites is 1. The fourth-order valence-electron chi connectivity index (χ4n) is 4.33. The van der Waals surface area contributed by atoms with Gasteiger partial charge in [0.2, 0.25) is 0 Å². The highest BCUT2D eigenvalue weighted by Gasteiger charge is 2.14. The van der Waals surface area contributed by atoms with Crippen LogP contribution in [0.25, 0.3) is 33.2 Å². The highest BCUT2D eigenvalue weighted by atomic mass is 16.3. The molecule has 0 saturated carbocycles. The van der Waals surface area contributed by atoms with Gasteiger partial charge in [-0.2, -0.15) is 5.10 Å². The van der Waals surface area contributed by atoms with Crippen molar-refractivity contribution in [2.24, 2.45) is 0 Å². The molecular formula is C29H26N4O3. The minimum absolute atomic E-state index is 0.0185. The molecule has 5 rings (SSSR count). The third-order valence-electron chi connectivity index (χ3n) is 6.21. The summed E-state index contributed by atoms with van der Waals surface area (Å²) in [5.41, 5.74) is 6.23. The number of rotatable bonds is 8. The van der Waals surface area contributed by atoms with Crippen LogP contribution in [0.5, 0.6) is 11.5 Å². The van der Waals surface area contributed by atoms with E-state index >= 15 is 0 Å². The molecule has 36 heavy (non-hydrogen) atoms. The number of phenolic OH excluding ortho intramolecular Hbond substituents is 2. The van der Waals surface area contributed by atoms with Crippen molar-refractivity contribution in [3.63, 3.8) is 0 Å². The number of carbonyl (C=O) groups excluding carboxylic acids is 1. The van der Waals surface area contributed by atoms with Crippen LogP contribution in [0.15, 0.2) is 85.2 Å². The number of H-pyrrole nitrogens is 1. The maximum Gasteiger partial charge on any atom is 0.255 e. The van der Waals surface area contributed by atoms with Gasteiger partial charge in [-0.15, -0.1) is 0 Å². The van der Waals surface area contributed by atoms with Crippen LogP contribution in [0.3, 0.4) is 0 Å². The lowest BCUT2D eigenvalue weighted by Gasteiger charge is -2.11. The molecule has 0 aliphatic heterocycles. The minimum Gasteiger partial charge on any atom is -0.508 e. The molecule has 2 heterocycles. The molecule has 4 N–H and O–H groups in total. The van der Waals surface area contributed by atoms with Crippen molar-refractivity contribution in [2.45, 2.75) is 19.3 Å². The fourth-order valence-corrected chi connectivity index (χ4v) is 4.33. The fraction of sp³-hybridized carbons (Fsp3) is 0.138. The Morgan fingerprint density at radius 2 is 1.69 bits per heavy atom. The predicted octanol–water partition coefficient (Wildman–Crippen LogP) is 5.46. The Labute approximate surface area is 208 Å². The van der Waals surface area contributed by atoms with Crippen molar-refractivity contribution in [1.82, 2.24) is 20.5 Å². The smallest absolute Gasteiger partial charge is 0.255 e. The van der Waals surface area contributed by atoms with Gasteiger partial charge in [0.25, 0.3) is 5.91 Å². The molecule has 2 aromatic heterocycles. The molecule has 5 aromatic rings. The van der Waals surface area contributed by atoms with Crippen LogP contribution in [-0.4, -0.2) is 37.8 Å². The predicted molar refractivity (Wildman–Crippen MR) is 140 cm³/mol. The first-order chi connectivity index (χ1) is 17.6. The van der Waals surface area contributed by atoms with E-state index in [-0.39, 0.29) is 23.0 Å². The second-order valence-electron chi connectivity index (χ2n) is 8.64. The number of fused-ring (bicyclic) bond motifs is 1. The number of benzene rings is 3. The lowest BCUT2D eigenvalue weighted by atomic mass is 9.93. The van der Waals surface area contributed by atoms with Gasteiger partial charge in [-0.05, 0) is 78.4 Å². The Morgan fingerprint density at radius 3 is 2.47 bits per heavy atom. The van der Waals surface area contributed by atoms with Crippen LogP contribution < -0.4 is 5.32 Å². The number of aromatic nitrogens is 3. The third-order valence-corrected chi connectivity index (χ3v) is 6.21. The summed E-state index contributed by atoms with van der Waals surface area (Å²) >= 11 is 0. The van der Waals surface area contributed by atoms with Crippen LogP contribution >= 0.6 is 0 Å². The molecule has 0 aliphatic rings. The van der Waals surface area contributed by atoms with Gasteiger partial charge in [0, 0.05) is 35.6 Å². The van der Waals surface area contributed by atoms with Gasteiger partial charge in [0.1, 0.15) is 11.5 Å². The molecule has 7 heteroatoms. The van der Waals surface area contributed by atoms with Crippen molar-refractivity contribution in [3.8, 4) is 33.8 Å². The molecule has 180 valence electrons. The van der Waals surface area contributed by atoms with Crippen LogP contribution in [0.1, 0.15) is 28.9 Å². The average Bonchev–Trinajstić information content (AvgIpc) is 3.30. The number of hydrogen-bond donors (Lipinski definition) is 4. The van der Waals surface area contributed by atoms with Crippen LogP contribution in [-0.2, 0) is 6.42 Å². The summed E-state index contributed by atoms with van der Waals surface area (Å²) in [4.78, 5) is 16.6. The molecule has 0 aliphatic carbocycles. The first kappa shape index (κ1) is 23.1. The molecule has 0 fully saturated rings. The van der Waals surface area contributed by atoms with Crippen molar-refractivity contribution < 1.29 is 15.0 Å². The summed E-state index contributed by atoms with van der Waals surface area (Å²) in [5.74, 6) is -0.0699. The van der Waals surface area contributed by atoms with Gasteiger partial charge in [-0.3, -0.25) is 14.9 Å². The van der Waals surface area contributed by atoms with Gasteiger partial charge in [0.05, 0.1) is 11.1 Å². The number of carbonyl (C=O) groups is 1. The highest BCUT2D eigenvalue weighted by molar-refractivity contribution is 5.97. The van der Waals surface area contributed by atoms with Crippen molar-refractivity contribution >= 4 is 16.8 Å². The number of unbranched alkanes of at least 4 members (excludes halogenated alkanes) is 1. The van der Waals surface area contributed by atoms with Crippen molar-refractivity contribution in [2.75, 3.05) is 6.54 Å². The Balaban J connectivity index is 1.33. The lowest BCUT2D eigenvalue weighted by molar-refractivity contribution is 0.0950. The largest absolute Gasteiger partial charge is 0.508 e. The number of aromatic amines is 1. The van der Waals surface area contributed by atoms with E-state index in [0.29, 0.717) is 6.54 Å². The van der Waals surface area contributed by atoms with E-state index < -0.39 is 0 Å². The standard InChI is InChI=1S/C29H26N4O3/c34-21-12-10-19(11-13-21)24-17-27-25(16-23(24)20-6-5-14-30-18-20)26(32-33-27)8-3-4-15-31-29(36)22-7-1-2-9-28(22)35/h1-2,5-7,9-14,16-18,34-35H,3-4,8,15H2,(H,31,36)(H,32,33). The zero-order valence-electron chi connectivity index (χ0n) is 19.6. The summed E-state index contributed by atoms with van der Waals surface area (Å²) in [6.45, 7) is 0.519. The summed E-state index contributed by atoms with van der Waals surface area (Å²) < 4.78 is 0. The van der Waals surface area contributed by atoms with Gasteiger partial charge in [0.15, 0.2) is 0 Å². The second-order valence-corrected chi connectivity index (χ2v) is 8.64. The first-order valence-corrected chi connectivity index (χ1v) is 11.9. The normalized spacial score (nSPS) is 11.0. The molecule has 3 aromatic carbocycles. The molecular weight excluding hydrogens is 452 g/mol. The number of pyridine rings is 1. The van der Waals surface area contributed by atoms with E-state index in [2.05, 4.69) is 32.6 Å². The van der Waals surface area contributed by atoms with Gasteiger partial charge >= 0.3 is 0 Å². The highest BCUT2D eigenvalue weighted by Crippen LogP contribution is 2.36. The Bertz CT molecular complexity index is 1490. The van der Waals surface area contributed by atoms with Crippen LogP contribution in [0, 0.1) is 0 Å². The zero-order chi connectivity index (χ0) is 24.9. The Morgan fingerprint density at radius 1 is 0.889 bits per heavy atom. The average molecular weight is 479 g/mol. The summed E-state index contributed by atoms with van der Waals surface area (Å²) in [5, 5.41) is 31.2. The number of aryl methyl sites for hydroxylation is 1. The Hall–Kier alpha value is -4.65. The number of nitrogens with one attached hydrogen (secondary N) is 2. The number of amides is 1. The van der Waals surface area contributed by atoms with E-state index in [1.54, 1.807) is 36.5 Å². The molecule has 0 saturated heterocycles. The van der Waals surface area contributed by atoms with E-state index in [1.165, 1.54) is 6.07 Å². The maximum atomic E-state index is 12.3. The number of phenols is 2. The molecule has 0 radical (unpaired) electrons. The molecule has 0 bridgehead atoms. The molecule has 7 nitrogen and oxygen atoms in total. The topological polar surface area (TPSA) is 111 Å². The van der Waals surface area contributed by atoms with Gasteiger partial charge in [-0.1, -0.05) is 30.3 Å². The van der Waals surface area contributed by atoms with Crippen LogP contribution in [0.4, 0.5) is 0 Å². The number of aromatic hydroxyl groups is 2. The van der Waals surface area contributed by atoms with Gasteiger partial charge in [-0.25, -0.2) is 0 Å². The third kappa shape index (κ3) is 4.90. The molecule has 1 amide bonds.